The quantitative estimate of drug-likeness (QED) is 0.428. The topological polar surface area (TPSA) is 87.0 Å². The lowest BCUT2D eigenvalue weighted by molar-refractivity contribution is -0.0862. The maximum Gasteiger partial charge on any atom is 0.278 e. The number of nitrogens with one attached hydrogen (secondary N) is 1. The highest BCUT2D eigenvalue weighted by Gasteiger charge is 2.48. The number of nitrogens with zero attached hydrogens (tertiary/aromatic N) is 5. The number of halogens is 3. The Bertz CT molecular complexity index is 1410. The molecule has 1 saturated carbocycles. The number of hydrogen-bond donors (Lipinski definition) is 1. The minimum absolute atomic E-state index is 0.122. The molecule has 1 aliphatic carbocycles. The average molecular weight is 525 g/mol. The third-order valence-corrected chi connectivity index (χ3v) is 7.88. The van der Waals surface area contributed by atoms with Crippen LogP contribution in [0.4, 0.5) is 19.0 Å². The summed E-state index contributed by atoms with van der Waals surface area (Å²) in [6.07, 6.45) is 2.02. The van der Waals surface area contributed by atoms with Crippen molar-refractivity contribution >= 4 is 16.9 Å². The summed E-state index contributed by atoms with van der Waals surface area (Å²) in [6, 6.07) is 7.65. The first-order valence-electron chi connectivity index (χ1n) is 12.9. The highest BCUT2D eigenvalue weighted by Crippen LogP contribution is 2.51. The summed E-state index contributed by atoms with van der Waals surface area (Å²) in [7, 11) is 3.40. The Balaban J connectivity index is 1.50. The van der Waals surface area contributed by atoms with E-state index in [4.69, 9.17) is 4.74 Å². The summed E-state index contributed by atoms with van der Waals surface area (Å²) < 4.78 is 52.1. The average Bonchev–Trinajstić information content (AvgIpc) is 3.69. The van der Waals surface area contributed by atoms with Gasteiger partial charge in [-0.25, -0.2) is 23.1 Å². The lowest BCUT2D eigenvalue weighted by Crippen LogP contribution is -2.38. The number of methoxy groups -OCH3 is 1. The molecule has 10 heteroatoms. The van der Waals surface area contributed by atoms with Crippen molar-refractivity contribution < 1.29 is 17.9 Å². The lowest BCUT2D eigenvalue weighted by Gasteiger charge is -2.34. The van der Waals surface area contributed by atoms with Crippen LogP contribution < -0.4 is 10.1 Å². The molecule has 1 N–H and O–H groups in total. The number of aromatic nitrogens is 3. The molecule has 7 nitrogen and oxygen atoms in total. The summed E-state index contributed by atoms with van der Waals surface area (Å²) in [6.45, 7) is 4.54. The summed E-state index contributed by atoms with van der Waals surface area (Å²) in [4.78, 5) is 15.5. The molecule has 2 aromatic heterocycles. The molecule has 38 heavy (non-hydrogen) atoms. The number of hydrogen-bond acceptors (Lipinski definition) is 7. The minimum Gasteiger partial charge on any atom is -0.481 e. The van der Waals surface area contributed by atoms with E-state index < -0.39 is 34.7 Å². The number of ether oxygens (including phenoxy) is 1. The van der Waals surface area contributed by atoms with Crippen molar-refractivity contribution in [2.45, 2.75) is 56.9 Å². The van der Waals surface area contributed by atoms with Gasteiger partial charge in [0.2, 0.25) is 5.88 Å². The highest BCUT2D eigenvalue weighted by atomic mass is 19.3. The van der Waals surface area contributed by atoms with Crippen LogP contribution in [-0.2, 0) is 11.3 Å². The zero-order valence-corrected chi connectivity index (χ0v) is 22.0. The van der Waals surface area contributed by atoms with Gasteiger partial charge >= 0.3 is 0 Å². The zero-order valence-electron chi connectivity index (χ0n) is 22.0. The molecule has 2 aliphatic rings. The number of piperidine rings is 1. The number of likely N-dealkylation sites (tertiary alicyclic amines) is 1. The fourth-order valence-corrected chi connectivity index (χ4v) is 5.34. The van der Waals surface area contributed by atoms with Crippen molar-refractivity contribution in [2.75, 3.05) is 32.6 Å². The number of benzene rings is 1. The predicted octanol–water partition coefficient (Wildman–Crippen LogP) is 5.64. The molecule has 0 unspecified atom stereocenters. The summed E-state index contributed by atoms with van der Waals surface area (Å²) in [5.41, 5.74) is -0.0915. The second kappa shape index (κ2) is 9.70. The standard InChI is InChI=1S/C28H31F3N6O/c1-16(19-6-5-7-21(23(19)29)28(30,31)18-8-12-37(3)13-9-18)33-24-20-14-22(27(15-32)10-11-27)26(38-4)36-25(20)35-17(2)34-24/h5-7,14,16,18H,8-13H2,1-4H3,(H,33,34,35,36)/t16-/m1/s1. The van der Waals surface area contributed by atoms with E-state index in [0.717, 1.165) is 0 Å². The number of rotatable bonds is 7. The molecule has 0 bridgehead atoms. The number of anilines is 1. The first-order valence-corrected chi connectivity index (χ1v) is 12.9. The normalized spacial score (nSPS) is 18.7. The monoisotopic (exact) mass is 524 g/mol. The first kappa shape index (κ1) is 26.2. The predicted molar refractivity (Wildman–Crippen MR) is 138 cm³/mol. The van der Waals surface area contributed by atoms with Crippen LogP contribution in [0, 0.1) is 30.0 Å². The summed E-state index contributed by atoms with van der Waals surface area (Å²) in [5, 5.41) is 13.5. The van der Waals surface area contributed by atoms with Crippen LogP contribution >= 0.6 is 0 Å². The van der Waals surface area contributed by atoms with E-state index in [9.17, 15) is 5.26 Å². The van der Waals surface area contributed by atoms with Crippen molar-refractivity contribution in [2.24, 2.45) is 5.92 Å². The number of fused-ring (bicyclic) bond motifs is 1. The van der Waals surface area contributed by atoms with Crippen LogP contribution in [0.1, 0.15) is 61.2 Å². The Labute approximate surface area is 220 Å². The Morgan fingerprint density at radius 2 is 1.92 bits per heavy atom. The van der Waals surface area contributed by atoms with Gasteiger partial charge in [0.25, 0.3) is 5.92 Å². The molecule has 1 atom stereocenters. The number of pyridine rings is 1. The fourth-order valence-electron chi connectivity index (χ4n) is 5.34. The smallest absolute Gasteiger partial charge is 0.278 e. The van der Waals surface area contributed by atoms with Crippen LogP contribution in [0.5, 0.6) is 5.88 Å². The van der Waals surface area contributed by atoms with E-state index in [2.05, 4.69) is 26.3 Å². The van der Waals surface area contributed by atoms with Crippen molar-refractivity contribution in [3.8, 4) is 11.9 Å². The van der Waals surface area contributed by atoms with Crippen LogP contribution in [0.25, 0.3) is 11.0 Å². The van der Waals surface area contributed by atoms with E-state index in [1.54, 1.807) is 19.9 Å². The van der Waals surface area contributed by atoms with Gasteiger partial charge in [0.05, 0.1) is 35.6 Å². The van der Waals surface area contributed by atoms with Gasteiger partial charge < -0.3 is 15.0 Å². The van der Waals surface area contributed by atoms with Crippen LogP contribution in [-0.4, -0.2) is 47.1 Å². The van der Waals surface area contributed by atoms with Gasteiger partial charge in [-0.1, -0.05) is 18.2 Å². The van der Waals surface area contributed by atoms with E-state index in [1.165, 1.54) is 25.3 Å². The third kappa shape index (κ3) is 4.53. The van der Waals surface area contributed by atoms with E-state index >= 15 is 13.2 Å². The van der Waals surface area contributed by atoms with Crippen LogP contribution in [0.2, 0.25) is 0 Å². The van der Waals surface area contributed by atoms with E-state index in [0.29, 0.717) is 72.9 Å². The number of nitriles is 1. The molecular weight excluding hydrogens is 493 g/mol. The van der Waals surface area contributed by atoms with Crippen molar-refractivity contribution in [3.63, 3.8) is 0 Å². The second-order valence-corrected chi connectivity index (χ2v) is 10.5. The summed E-state index contributed by atoms with van der Waals surface area (Å²) >= 11 is 0. The van der Waals surface area contributed by atoms with Crippen molar-refractivity contribution in [1.29, 1.82) is 5.26 Å². The molecule has 3 heterocycles. The van der Waals surface area contributed by atoms with Gasteiger partial charge in [0.15, 0.2) is 5.65 Å². The lowest BCUT2D eigenvalue weighted by atomic mass is 9.85. The van der Waals surface area contributed by atoms with E-state index in [1.807, 2.05) is 11.9 Å². The Morgan fingerprint density at radius 3 is 2.55 bits per heavy atom. The maximum atomic E-state index is 15.7. The van der Waals surface area contributed by atoms with Gasteiger partial charge in [0, 0.05) is 17.0 Å². The second-order valence-electron chi connectivity index (χ2n) is 10.5. The fraction of sp³-hybridized carbons (Fsp3) is 0.500. The molecule has 5 rings (SSSR count). The molecule has 2 fully saturated rings. The van der Waals surface area contributed by atoms with Crippen LogP contribution in [0.15, 0.2) is 24.3 Å². The van der Waals surface area contributed by atoms with Crippen molar-refractivity contribution in [3.05, 3.63) is 52.6 Å². The number of aryl methyl sites for hydroxylation is 1. The summed E-state index contributed by atoms with van der Waals surface area (Å²) in [5.74, 6) is -3.94. The maximum absolute atomic E-state index is 15.7. The zero-order chi connectivity index (χ0) is 27.2. The Kier molecular flexibility index (Phi) is 6.68. The van der Waals surface area contributed by atoms with Gasteiger partial charge in [0.1, 0.15) is 17.5 Å². The van der Waals surface area contributed by atoms with Crippen LogP contribution in [0.3, 0.4) is 0 Å². The largest absolute Gasteiger partial charge is 0.481 e. The van der Waals surface area contributed by atoms with Gasteiger partial charge in [-0.05, 0) is 65.7 Å². The molecule has 0 radical (unpaired) electrons. The van der Waals surface area contributed by atoms with E-state index in [-0.39, 0.29) is 5.56 Å². The van der Waals surface area contributed by atoms with Gasteiger partial charge in [-0.2, -0.15) is 10.2 Å². The third-order valence-electron chi connectivity index (χ3n) is 7.88. The molecular formula is C28H31F3N6O. The Morgan fingerprint density at radius 1 is 1.21 bits per heavy atom. The molecule has 1 aromatic carbocycles. The first-order chi connectivity index (χ1) is 18.1. The molecule has 0 amide bonds. The number of alkyl halides is 2. The molecule has 0 spiro atoms. The molecule has 200 valence electrons. The Hall–Kier alpha value is -3.45. The molecule has 3 aromatic rings. The highest BCUT2D eigenvalue weighted by molar-refractivity contribution is 5.88. The minimum atomic E-state index is -3.27. The van der Waals surface area contributed by atoms with Crippen molar-refractivity contribution in [1.82, 2.24) is 19.9 Å². The SMILES string of the molecule is COc1nc2nc(C)nc(N[C@H](C)c3cccc(C(F)(F)C4CCN(C)CC4)c3F)c2cc1C1(C#N)CC1. The van der Waals surface area contributed by atoms with Gasteiger partial charge in [-0.15, -0.1) is 0 Å². The molecule has 1 aliphatic heterocycles. The van der Waals surface area contributed by atoms with Gasteiger partial charge in [-0.3, -0.25) is 0 Å². The molecule has 1 saturated heterocycles.